The van der Waals surface area contributed by atoms with Crippen LogP contribution in [0, 0.1) is 5.41 Å². The smallest absolute Gasteiger partial charge is 0.127 e. The van der Waals surface area contributed by atoms with E-state index in [2.05, 4.69) is 17.1 Å². The Balaban J connectivity index is 0.000000185. The van der Waals surface area contributed by atoms with Gasteiger partial charge in [-0.05, 0) is 12.1 Å². The minimum absolute atomic E-state index is 0.0729. The summed E-state index contributed by atoms with van der Waals surface area (Å²) in [5.74, 6) is 0. The largest absolute Gasteiger partial charge is 0.395 e. The average molecular weight is 231 g/mol. The zero-order valence-corrected chi connectivity index (χ0v) is 10.1. The second-order valence-electron chi connectivity index (χ2n) is 4.46. The maximum atomic E-state index is 9.90. The van der Waals surface area contributed by atoms with Crippen LogP contribution >= 0.6 is 0 Å². The Morgan fingerprint density at radius 3 is 2.41 bits per heavy atom. The van der Waals surface area contributed by atoms with Crippen molar-refractivity contribution < 1.29 is 9.90 Å². The Labute approximate surface area is 101 Å². The van der Waals surface area contributed by atoms with Gasteiger partial charge in [0.25, 0.3) is 0 Å². The number of carbonyl (C=O) groups is 1. The highest BCUT2D eigenvalue weighted by atomic mass is 16.3. The molecule has 3 nitrogen and oxygen atoms in total. The molecular weight excluding hydrogens is 214 g/mol. The van der Waals surface area contributed by atoms with E-state index in [1.165, 1.54) is 5.39 Å². The zero-order valence-electron chi connectivity index (χ0n) is 10.1. The molecule has 17 heavy (non-hydrogen) atoms. The number of nitrogens with zero attached hydrogens (tertiary/aromatic N) is 1. The highest BCUT2D eigenvalue weighted by molar-refractivity contribution is 5.77. The summed E-state index contributed by atoms with van der Waals surface area (Å²) in [4.78, 5) is 14.1. The number of aliphatic hydroxyl groups is 1. The lowest BCUT2D eigenvalue weighted by Gasteiger charge is -2.09. The third-order valence-corrected chi connectivity index (χ3v) is 2.24. The summed E-state index contributed by atoms with van der Waals surface area (Å²) in [7, 11) is 0. The molecule has 0 spiro atoms. The van der Waals surface area contributed by atoms with Crippen LogP contribution in [-0.2, 0) is 4.79 Å². The number of hydrogen-bond acceptors (Lipinski definition) is 3. The van der Waals surface area contributed by atoms with Crippen LogP contribution in [0.4, 0.5) is 0 Å². The first-order valence-corrected chi connectivity index (χ1v) is 5.46. The third kappa shape index (κ3) is 4.33. The molecule has 3 heteroatoms. The van der Waals surface area contributed by atoms with Gasteiger partial charge in [-0.3, -0.25) is 4.98 Å². The van der Waals surface area contributed by atoms with Gasteiger partial charge in [-0.1, -0.05) is 38.1 Å². The van der Waals surface area contributed by atoms with E-state index in [0.29, 0.717) is 0 Å². The fraction of sp³-hybridized carbons (Fsp3) is 0.286. The summed E-state index contributed by atoms with van der Waals surface area (Å²) in [6.07, 6.45) is 2.55. The average Bonchev–Trinajstić information content (AvgIpc) is 2.40. The number of hydrogen-bond donors (Lipinski definition) is 1. The minimum Gasteiger partial charge on any atom is -0.395 e. The van der Waals surface area contributed by atoms with Crippen LogP contribution in [0.25, 0.3) is 10.9 Å². The normalized spacial score (nSPS) is 10.5. The molecule has 0 unspecified atom stereocenters. The molecule has 1 N–H and O–H groups in total. The highest BCUT2D eigenvalue weighted by Crippen LogP contribution is 2.08. The van der Waals surface area contributed by atoms with E-state index in [1.54, 1.807) is 13.8 Å². The Kier molecular flexibility index (Phi) is 4.79. The first-order chi connectivity index (χ1) is 8.09. The van der Waals surface area contributed by atoms with E-state index in [0.717, 1.165) is 11.8 Å². The molecule has 0 amide bonds. The van der Waals surface area contributed by atoms with Gasteiger partial charge in [-0.25, -0.2) is 0 Å². The van der Waals surface area contributed by atoms with Crippen LogP contribution in [0.1, 0.15) is 13.8 Å². The van der Waals surface area contributed by atoms with E-state index in [4.69, 9.17) is 5.11 Å². The van der Waals surface area contributed by atoms with Crippen molar-refractivity contribution >= 4 is 17.2 Å². The molecule has 0 saturated carbocycles. The van der Waals surface area contributed by atoms with E-state index < -0.39 is 5.41 Å². The number of carbonyl (C=O) groups excluding carboxylic acids is 1. The van der Waals surface area contributed by atoms with Gasteiger partial charge >= 0.3 is 0 Å². The number of aldehydes is 1. The first kappa shape index (κ1) is 13.3. The standard InChI is InChI=1S/C9H7N.C5H10O2/c1-2-6-9-8(4-1)5-3-7-10-9;1-5(2,3-6)4-7/h1-7H;3,7H,4H2,1-2H3. The molecule has 0 aliphatic heterocycles. The van der Waals surface area contributed by atoms with Gasteiger partial charge < -0.3 is 9.90 Å². The minimum atomic E-state index is -0.542. The Hall–Kier alpha value is -1.74. The monoisotopic (exact) mass is 231 g/mol. The van der Waals surface area contributed by atoms with Crippen molar-refractivity contribution in [2.24, 2.45) is 5.41 Å². The summed E-state index contributed by atoms with van der Waals surface area (Å²) in [5, 5.41) is 9.56. The van der Waals surface area contributed by atoms with Crippen molar-refractivity contribution in [1.82, 2.24) is 4.98 Å². The molecule has 0 aliphatic rings. The summed E-state index contributed by atoms with van der Waals surface area (Å²) in [5.41, 5.74) is 0.519. The van der Waals surface area contributed by atoms with E-state index in [9.17, 15) is 4.79 Å². The van der Waals surface area contributed by atoms with Crippen LogP contribution in [-0.4, -0.2) is 23.0 Å². The molecule has 0 fully saturated rings. The van der Waals surface area contributed by atoms with Gasteiger partial charge in [0.15, 0.2) is 0 Å². The molecule has 1 aromatic carbocycles. The summed E-state index contributed by atoms with van der Waals surface area (Å²) >= 11 is 0. The zero-order chi connectivity index (χ0) is 12.7. The SMILES string of the molecule is CC(C)(C=O)CO.c1ccc2ncccc2c1. The molecule has 2 aromatic rings. The van der Waals surface area contributed by atoms with Gasteiger partial charge in [-0.2, -0.15) is 0 Å². The molecule has 1 heterocycles. The Morgan fingerprint density at radius 2 is 1.88 bits per heavy atom. The van der Waals surface area contributed by atoms with Crippen molar-refractivity contribution in [3.8, 4) is 0 Å². The predicted molar refractivity (Wildman–Crippen MR) is 68.7 cm³/mol. The number of pyridine rings is 1. The molecule has 1 aromatic heterocycles. The number of aromatic nitrogens is 1. The van der Waals surface area contributed by atoms with Crippen molar-refractivity contribution in [2.75, 3.05) is 6.61 Å². The molecule has 0 bridgehead atoms. The van der Waals surface area contributed by atoms with Crippen molar-refractivity contribution in [3.05, 3.63) is 42.6 Å². The summed E-state index contributed by atoms with van der Waals surface area (Å²) in [6, 6.07) is 12.1. The number of aliphatic hydroxyl groups excluding tert-OH is 1. The molecule has 0 radical (unpaired) electrons. The van der Waals surface area contributed by atoms with E-state index in [1.807, 2.05) is 30.5 Å². The quantitative estimate of drug-likeness (QED) is 0.808. The number of fused-ring (bicyclic) bond motifs is 1. The molecule has 90 valence electrons. The van der Waals surface area contributed by atoms with Gasteiger partial charge in [-0.15, -0.1) is 0 Å². The lowest BCUT2D eigenvalue weighted by Crippen LogP contribution is -2.17. The maximum Gasteiger partial charge on any atom is 0.127 e. The number of benzene rings is 1. The third-order valence-electron chi connectivity index (χ3n) is 2.24. The van der Waals surface area contributed by atoms with Crippen molar-refractivity contribution in [3.63, 3.8) is 0 Å². The van der Waals surface area contributed by atoms with Gasteiger partial charge in [0.1, 0.15) is 6.29 Å². The second-order valence-corrected chi connectivity index (χ2v) is 4.46. The van der Waals surface area contributed by atoms with Gasteiger partial charge in [0.05, 0.1) is 12.1 Å². The molecule has 0 saturated heterocycles. The Morgan fingerprint density at radius 1 is 1.24 bits per heavy atom. The molecule has 0 aliphatic carbocycles. The first-order valence-electron chi connectivity index (χ1n) is 5.46. The summed E-state index contributed by atoms with van der Waals surface area (Å²) < 4.78 is 0. The van der Waals surface area contributed by atoms with Crippen LogP contribution in [0.3, 0.4) is 0 Å². The van der Waals surface area contributed by atoms with Crippen molar-refractivity contribution in [1.29, 1.82) is 0 Å². The number of para-hydroxylation sites is 1. The topological polar surface area (TPSA) is 50.2 Å². The van der Waals surface area contributed by atoms with Crippen LogP contribution in [0.2, 0.25) is 0 Å². The van der Waals surface area contributed by atoms with Crippen LogP contribution < -0.4 is 0 Å². The lowest BCUT2D eigenvalue weighted by atomic mass is 9.98. The van der Waals surface area contributed by atoms with Gasteiger partial charge in [0, 0.05) is 17.0 Å². The van der Waals surface area contributed by atoms with Crippen LogP contribution in [0.5, 0.6) is 0 Å². The predicted octanol–water partition coefficient (Wildman–Crippen LogP) is 2.44. The second kappa shape index (κ2) is 6.11. The maximum absolute atomic E-state index is 9.90. The fourth-order valence-electron chi connectivity index (χ4n) is 1.05. The summed E-state index contributed by atoms with van der Waals surface area (Å²) in [6.45, 7) is 3.29. The Bertz CT molecular complexity index is 415. The molecule has 2 rings (SSSR count). The lowest BCUT2D eigenvalue weighted by molar-refractivity contribution is -0.116. The number of rotatable bonds is 2. The van der Waals surface area contributed by atoms with E-state index in [-0.39, 0.29) is 6.61 Å². The molecule has 0 atom stereocenters. The van der Waals surface area contributed by atoms with Gasteiger partial charge in [0.2, 0.25) is 0 Å². The highest BCUT2D eigenvalue weighted by Gasteiger charge is 2.12. The fourth-order valence-corrected chi connectivity index (χ4v) is 1.05. The van der Waals surface area contributed by atoms with Crippen LogP contribution in [0.15, 0.2) is 42.6 Å². The van der Waals surface area contributed by atoms with Crippen molar-refractivity contribution in [2.45, 2.75) is 13.8 Å². The molecular formula is C14H17NO2. The van der Waals surface area contributed by atoms with E-state index >= 15 is 0 Å².